The summed E-state index contributed by atoms with van der Waals surface area (Å²) in [6, 6.07) is 8.30. The van der Waals surface area contributed by atoms with Crippen molar-refractivity contribution in [1.82, 2.24) is 0 Å². The Hall–Kier alpha value is -1.15. The van der Waals surface area contributed by atoms with Gasteiger partial charge in [0.2, 0.25) is 0 Å². The highest BCUT2D eigenvalue weighted by Gasteiger charge is 2.18. The fourth-order valence-corrected chi connectivity index (χ4v) is 3.10. The summed E-state index contributed by atoms with van der Waals surface area (Å²) >= 11 is 0. The predicted octanol–water partition coefficient (Wildman–Crippen LogP) is 2.44. The molecule has 0 spiro atoms. The van der Waals surface area contributed by atoms with E-state index >= 15 is 0 Å². The van der Waals surface area contributed by atoms with Crippen LogP contribution >= 0.6 is 0 Å². The number of carbonyl (C=O) groups is 1. The number of hydrogen-bond donors (Lipinski definition) is 0. The standard InChI is InChI=1S/C12H16OSi/c1-14(2,3)12-9-5-4-7-11(12)8-6-10-13/h4-10H,1-3H3/b8-6+. The monoisotopic (exact) mass is 204 g/mol. The van der Waals surface area contributed by atoms with Crippen LogP contribution in [-0.4, -0.2) is 14.4 Å². The normalized spacial score (nSPS) is 11.9. The smallest absolute Gasteiger partial charge is 0.142 e. The second-order valence-corrected chi connectivity index (χ2v) is 9.37. The lowest BCUT2D eigenvalue weighted by atomic mass is 10.2. The van der Waals surface area contributed by atoms with Crippen molar-refractivity contribution < 1.29 is 4.79 Å². The molecule has 0 N–H and O–H groups in total. The van der Waals surface area contributed by atoms with Gasteiger partial charge in [0.25, 0.3) is 0 Å². The van der Waals surface area contributed by atoms with Gasteiger partial charge in [0.1, 0.15) is 6.29 Å². The molecular weight excluding hydrogens is 188 g/mol. The fourth-order valence-electron chi connectivity index (χ4n) is 1.47. The van der Waals surface area contributed by atoms with Crippen LogP contribution in [0.2, 0.25) is 19.6 Å². The quantitative estimate of drug-likeness (QED) is 0.420. The first-order valence-corrected chi connectivity index (χ1v) is 8.27. The van der Waals surface area contributed by atoms with Gasteiger partial charge in [-0.2, -0.15) is 0 Å². The van der Waals surface area contributed by atoms with Crippen LogP contribution in [0.3, 0.4) is 0 Å². The molecule has 0 heterocycles. The largest absolute Gasteiger partial charge is 0.299 e. The van der Waals surface area contributed by atoms with Crippen LogP contribution < -0.4 is 5.19 Å². The molecule has 0 unspecified atom stereocenters. The van der Waals surface area contributed by atoms with E-state index in [2.05, 4.69) is 37.8 Å². The molecule has 0 aliphatic heterocycles. The van der Waals surface area contributed by atoms with Crippen molar-refractivity contribution >= 4 is 25.6 Å². The summed E-state index contributed by atoms with van der Waals surface area (Å²) < 4.78 is 0. The van der Waals surface area contributed by atoms with E-state index in [-0.39, 0.29) is 0 Å². The van der Waals surface area contributed by atoms with Crippen LogP contribution in [-0.2, 0) is 4.79 Å². The highest BCUT2D eigenvalue weighted by atomic mass is 28.3. The van der Waals surface area contributed by atoms with Crippen molar-refractivity contribution in [3.8, 4) is 0 Å². The summed E-state index contributed by atoms with van der Waals surface area (Å²) in [5, 5.41) is 1.40. The third-order valence-corrected chi connectivity index (χ3v) is 4.19. The Balaban J connectivity index is 3.16. The van der Waals surface area contributed by atoms with E-state index in [1.807, 2.05) is 12.1 Å². The van der Waals surface area contributed by atoms with Crippen LogP contribution in [0.4, 0.5) is 0 Å². The summed E-state index contributed by atoms with van der Waals surface area (Å²) in [5.41, 5.74) is 1.18. The van der Waals surface area contributed by atoms with Crippen molar-refractivity contribution in [3.63, 3.8) is 0 Å². The highest BCUT2D eigenvalue weighted by Crippen LogP contribution is 2.08. The van der Waals surface area contributed by atoms with E-state index in [1.165, 1.54) is 10.8 Å². The Morgan fingerprint density at radius 3 is 2.36 bits per heavy atom. The molecule has 1 aromatic rings. The van der Waals surface area contributed by atoms with Crippen molar-refractivity contribution in [1.29, 1.82) is 0 Å². The summed E-state index contributed by atoms with van der Waals surface area (Å²) in [5.74, 6) is 0. The molecule has 0 aliphatic carbocycles. The maximum absolute atomic E-state index is 10.3. The zero-order chi connectivity index (χ0) is 10.6. The maximum atomic E-state index is 10.3. The van der Waals surface area contributed by atoms with Crippen molar-refractivity contribution in [2.24, 2.45) is 0 Å². The molecule has 0 aromatic heterocycles. The van der Waals surface area contributed by atoms with Crippen LogP contribution in [0, 0.1) is 0 Å². The predicted molar refractivity (Wildman–Crippen MR) is 64.5 cm³/mol. The lowest BCUT2D eigenvalue weighted by Crippen LogP contribution is -2.39. The van der Waals surface area contributed by atoms with Gasteiger partial charge in [0, 0.05) is 0 Å². The zero-order valence-corrected chi connectivity index (χ0v) is 9.95. The topological polar surface area (TPSA) is 17.1 Å². The van der Waals surface area contributed by atoms with Gasteiger partial charge in [-0.25, -0.2) is 0 Å². The van der Waals surface area contributed by atoms with Gasteiger partial charge < -0.3 is 0 Å². The fraction of sp³-hybridized carbons (Fsp3) is 0.250. The summed E-state index contributed by atoms with van der Waals surface area (Å²) in [7, 11) is -1.30. The van der Waals surface area contributed by atoms with Crippen molar-refractivity contribution in [2.75, 3.05) is 0 Å². The number of allylic oxidation sites excluding steroid dienone is 1. The lowest BCUT2D eigenvalue weighted by Gasteiger charge is -2.19. The number of rotatable bonds is 3. The third kappa shape index (κ3) is 2.67. The van der Waals surface area contributed by atoms with Gasteiger partial charge in [-0.15, -0.1) is 0 Å². The molecule has 1 nitrogen and oxygen atoms in total. The molecule has 2 heteroatoms. The second-order valence-electron chi connectivity index (χ2n) is 4.33. The van der Waals surface area contributed by atoms with Gasteiger partial charge in [0.15, 0.2) is 0 Å². The van der Waals surface area contributed by atoms with Crippen LogP contribution in [0.1, 0.15) is 5.56 Å². The Labute approximate surface area is 86.5 Å². The first-order valence-electron chi connectivity index (χ1n) is 4.77. The van der Waals surface area contributed by atoms with Crippen molar-refractivity contribution in [2.45, 2.75) is 19.6 Å². The third-order valence-electron chi connectivity index (χ3n) is 2.12. The zero-order valence-electron chi connectivity index (χ0n) is 8.95. The van der Waals surface area contributed by atoms with Gasteiger partial charge >= 0.3 is 0 Å². The molecule has 0 fully saturated rings. The summed E-state index contributed by atoms with van der Waals surface area (Å²) in [6.45, 7) is 6.92. The van der Waals surface area contributed by atoms with Gasteiger partial charge in [-0.3, -0.25) is 4.79 Å². The molecule has 14 heavy (non-hydrogen) atoms. The van der Waals surface area contributed by atoms with E-state index in [0.29, 0.717) is 0 Å². The molecule has 0 radical (unpaired) electrons. The molecule has 74 valence electrons. The Bertz CT molecular complexity index is 348. The van der Waals surface area contributed by atoms with E-state index in [4.69, 9.17) is 0 Å². The number of carbonyl (C=O) groups excluding carboxylic acids is 1. The average Bonchev–Trinajstić information content (AvgIpc) is 2.14. The molecule has 0 saturated heterocycles. The minimum absolute atomic E-state index is 0.820. The molecular formula is C12H16OSi. The number of hydrogen-bond acceptors (Lipinski definition) is 1. The average molecular weight is 204 g/mol. The van der Waals surface area contributed by atoms with Crippen molar-refractivity contribution in [3.05, 3.63) is 35.9 Å². The molecule has 0 amide bonds. The molecule has 0 atom stereocenters. The Morgan fingerprint density at radius 1 is 1.14 bits per heavy atom. The SMILES string of the molecule is C[Si](C)(C)c1ccccc1/C=C/C=O. The second kappa shape index (κ2) is 4.38. The highest BCUT2D eigenvalue weighted by molar-refractivity contribution is 6.89. The van der Waals surface area contributed by atoms with E-state index in [1.54, 1.807) is 6.08 Å². The van der Waals surface area contributed by atoms with Gasteiger partial charge in [-0.05, 0) is 11.6 Å². The Morgan fingerprint density at radius 2 is 1.79 bits per heavy atom. The molecule has 0 bridgehead atoms. The van der Waals surface area contributed by atoms with E-state index in [9.17, 15) is 4.79 Å². The van der Waals surface area contributed by atoms with Crippen LogP contribution in [0.15, 0.2) is 30.3 Å². The molecule has 0 aliphatic rings. The minimum Gasteiger partial charge on any atom is -0.299 e. The number of benzene rings is 1. The van der Waals surface area contributed by atoms with E-state index in [0.717, 1.165) is 6.29 Å². The van der Waals surface area contributed by atoms with E-state index < -0.39 is 8.07 Å². The summed E-state index contributed by atoms with van der Waals surface area (Å²) in [4.78, 5) is 10.3. The maximum Gasteiger partial charge on any atom is 0.142 e. The lowest BCUT2D eigenvalue weighted by molar-refractivity contribution is -0.104. The van der Waals surface area contributed by atoms with Crippen LogP contribution in [0.25, 0.3) is 6.08 Å². The molecule has 0 saturated carbocycles. The van der Waals surface area contributed by atoms with Gasteiger partial charge in [-0.1, -0.05) is 55.2 Å². The first kappa shape index (κ1) is 10.9. The van der Waals surface area contributed by atoms with Crippen LogP contribution in [0.5, 0.6) is 0 Å². The minimum atomic E-state index is -1.30. The molecule has 1 aromatic carbocycles. The number of aldehydes is 1. The van der Waals surface area contributed by atoms with Gasteiger partial charge in [0.05, 0.1) is 8.07 Å². The Kier molecular flexibility index (Phi) is 3.41. The summed E-state index contributed by atoms with van der Waals surface area (Å²) in [6.07, 6.45) is 4.26. The molecule has 1 rings (SSSR count). The first-order chi connectivity index (χ1) is 6.55.